The molecule has 102 valence electrons. The quantitative estimate of drug-likeness (QED) is 0.843. The van der Waals surface area contributed by atoms with E-state index in [1.807, 2.05) is 18.5 Å². The van der Waals surface area contributed by atoms with Crippen LogP contribution < -0.4 is 5.32 Å². The minimum absolute atomic E-state index is 0.0299. The van der Waals surface area contributed by atoms with Crippen molar-refractivity contribution >= 4 is 5.91 Å². The monoisotopic (exact) mass is 251 g/mol. The second kappa shape index (κ2) is 6.03. The highest BCUT2D eigenvalue weighted by Crippen LogP contribution is 2.09. The summed E-state index contributed by atoms with van der Waals surface area (Å²) in [6, 6.07) is 2.08. The average molecular weight is 251 g/mol. The van der Waals surface area contributed by atoms with Crippen molar-refractivity contribution in [3.8, 4) is 0 Å². The lowest BCUT2D eigenvalue weighted by atomic mass is 10.0. The number of aryl methyl sites for hydroxylation is 2. The smallest absolute Gasteiger partial charge is 0.242 e. The molecule has 1 rings (SSSR count). The zero-order valence-electron chi connectivity index (χ0n) is 12.2. The van der Waals surface area contributed by atoms with Gasteiger partial charge < -0.3 is 5.32 Å². The summed E-state index contributed by atoms with van der Waals surface area (Å²) in [5, 5.41) is 7.48. The van der Waals surface area contributed by atoms with Gasteiger partial charge in [0.1, 0.15) is 6.54 Å². The SMILES string of the molecule is CCc1cc(CC)n(CC(=O)NC(C)(C)CC)n1. The minimum atomic E-state index is -0.149. The van der Waals surface area contributed by atoms with Crippen LogP contribution in [0, 0.1) is 0 Å². The van der Waals surface area contributed by atoms with Crippen LogP contribution >= 0.6 is 0 Å². The Morgan fingerprint density at radius 2 is 2.00 bits per heavy atom. The van der Waals surface area contributed by atoms with Gasteiger partial charge in [-0.2, -0.15) is 5.10 Å². The highest BCUT2D eigenvalue weighted by atomic mass is 16.2. The molecule has 0 saturated carbocycles. The van der Waals surface area contributed by atoms with Crippen LogP contribution in [0.2, 0.25) is 0 Å². The zero-order chi connectivity index (χ0) is 13.8. The Morgan fingerprint density at radius 1 is 1.33 bits per heavy atom. The summed E-state index contributed by atoms with van der Waals surface area (Å²) in [6.07, 6.45) is 2.72. The van der Waals surface area contributed by atoms with Crippen LogP contribution in [0.5, 0.6) is 0 Å². The number of aromatic nitrogens is 2. The maximum absolute atomic E-state index is 12.0. The number of nitrogens with one attached hydrogen (secondary N) is 1. The number of rotatable bonds is 6. The van der Waals surface area contributed by atoms with Crippen LogP contribution in [0.1, 0.15) is 52.4 Å². The van der Waals surface area contributed by atoms with Crippen LogP contribution in [-0.2, 0) is 24.2 Å². The Hall–Kier alpha value is -1.32. The summed E-state index contributed by atoms with van der Waals surface area (Å²) < 4.78 is 1.82. The van der Waals surface area contributed by atoms with Crippen molar-refractivity contribution in [3.05, 3.63) is 17.5 Å². The summed E-state index contributed by atoms with van der Waals surface area (Å²) in [6.45, 7) is 10.6. The van der Waals surface area contributed by atoms with Crippen LogP contribution in [-0.4, -0.2) is 21.2 Å². The predicted octanol–water partition coefficient (Wildman–Crippen LogP) is 2.31. The highest BCUT2D eigenvalue weighted by Gasteiger charge is 2.18. The van der Waals surface area contributed by atoms with Gasteiger partial charge in [-0.1, -0.05) is 20.8 Å². The summed E-state index contributed by atoms with van der Waals surface area (Å²) >= 11 is 0. The van der Waals surface area contributed by atoms with Gasteiger partial charge in [-0.25, -0.2) is 0 Å². The number of carbonyl (C=O) groups excluding carboxylic acids is 1. The van der Waals surface area contributed by atoms with Crippen molar-refractivity contribution in [1.29, 1.82) is 0 Å². The Balaban J connectivity index is 2.72. The van der Waals surface area contributed by atoms with Crippen LogP contribution in [0.3, 0.4) is 0 Å². The lowest BCUT2D eigenvalue weighted by Gasteiger charge is -2.24. The lowest BCUT2D eigenvalue weighted by molar-refractivity contribution is -0.123. The van der Waals surface area contributed by atoms with Crippen LogP contribution in [0.15, 0.2) is 6.07 Å². The molecule has 1 aromatic rings. The van der Waals surface area contributed by atoms with Gasteiger partial charge in [0.15, 0.2) is 0 Å². The molecular weight excluding hydrogens is 226 g/mol. The van der Waals surface area contributed by atoms with Gasteiger partial charge in [-0.05, 0) is 39.2 Å². The summed E-state index contributed by atoms with van der Waals surface area (Å²) in [5.74, 6) is 0.0299. The van der Waals surface area contributed by atoms with Gasteiger partial charge in [0, 0.05) is 11.2 Å². The third-order valence-electron chi connectivity index (χ3n) is 3.29. The topological polar surface area (TPSA) is 46.9 Å². The number of hydrogen-bond acceptors (Lipinski definition) is 2. The normalized spacial score (nSPS) is 11.6. The Bertz CT molecular complexity index is 407. The molecule has 0 aromatic carbocycles. The van der Waals surface area contributed by atoms with Gasteiger partial charge in [0.25, 0.3) is 0 Å². The third-order valence-corrected chi connectivity index (χ3v) is 3.29. The van der Waals surface area contributed by atoms with E-state index in [4.69, 9.17) is 0 Å². The van der Waals surface area contributed by atoms with E-state index in [1.54, 1.807) is 0 Å². The summed E-state index contributed by atoms with van der Waals surface area (Å²) in [4.78, 5) is 12.0. The van der Waals surface area contributed by atoms with Gasteiger partial charge in [-0.3, -0.25) is 9.48 Å². The molecule has 0 aliphatic heterocycles. The van der Waals surface area contributed by atoms with Gasteiger partial charge in [0.2, 0.25) is 5.91 Å². The lowest BCUT2D eigenvalue weighted by Crippen LogP contribution is -2.44. The summed E-state index contributed by atoms with van der Waals surface area (Å²) in [5.41, 5.74) is 2.02. The maximum atomic E-state index is 12.0. The number of hydrogen-bond donors (Lipinski definition) is 1. The maximum Gasteiger partial charge on any atom is 0.242 e. The fourth-order valence-electron chi connectivity index (χ4n) is 1.75. The van der Waals surface area contributed by atoms with E-state index in [1.165, 1.54) is 0 Å². The van der Waals surface area contributed by atoms with Crippen molar-refractivity contribution in [2.75, 3.05) is 0 Å². The molecule has 1 N–H and O–H groups in total. The highest BCUT2D eigenvalue weighted by molar-refractivity contribution is 5.76. The Labute approximate surface area is 110 Å². The molecule has 0 saturated heterocycles. The Morgan fingerprint density at radius 3 is 2.50 bits per heavy atom. The largest absolute Gasteiger partial charge is 0.350 e. The second-order valence-electron chi connectivity index (χ2n) is 5.28. The molecule has 4 nitrogen and oxygen atoms in total. The van der Waals surface area contributed by atoms with E-state index < -0.39 is 0 Å². The first-order chi connectivity index (χ1) is 8.41. The van der Waals surface area contributed by atoms with Crippen molar-refractivity contribution in [1.82, 2.24) is 15.1 Å². The van der Waals surface area contributed by atoms with E-state index in [2.05, 4.69) is 37.3 Å². The minimum Gasteiger partial charge on any atom is -0.350 e. The molecule has 18 heavy (non-hydrogen) atoms. The molecule has 0 atom stereocenters. The molecule has 0 radical (unpaired) electrons. The van der Waals surface area contributed by atoms with E-state index >= 15 is 0 Å². The first-order valence-electron chi connectivity index (χ1n) is 6.78. The Kier molecular flexibility index (Phi) is 4.93. The molecule has 0 aliphatic carbocycles. The summed E-state index contributed by atoms with van der Waals surface area (Å²) in [7, 11) is 0. The molecule has 0 unspecified atom stereocenters. The second-order valence-corrected chi connectivity index (χ2v) is 5.28. The van der Waals surface area contributed by atoms with E-state index in [-0.39, 0.29) is 11.4 Å². The molecule has 0 aliphatic rings. The molecule has 0 fully saturated rings. The van der Waals surface area contributed by atoms with Crippen molar-refractivity contribution in [2.45, 2.75) is 66.0 Å². The number of carbonyl (C=O) groups is 1. The third kappa shape index (κ3) is 3.86. The molecule has 1 amide bonds. The van der Waals surface area contributed by atoms with E-state index in [0.717, 1.165) is 30.7 Å². The molecule has 0 spiro atoms. The van der Waals surface area contributed by atoms with E-state index in [9.17, 15) is 4.79 Å². The van der Waals surface area contributed by atoms with Gasteiger partial charge in [0.05, 0.1) is 5.69 Å². The van der Waals surface area contributed by atoms with Crippen LogP contribution in [0.25, 0.3) is 0 Å². The molecular formula is C14H25N3O. The fraction of sp³-hybridized carbons (Fsp3) is 0.714. The number of amides is 1. The molecule has 0 bridgehead atoms. The predicted molar refractivity (Wildman–Crippen MR) is 73.5 cm³/mol. The van der Waals surface area contributed by atoms with Crippen molar-refractivity contribution in [3.63, 3.8) is 0 Å². The van der Waals surface area contributed by atoms with Gasteiger partial charge in [-0.15, -0.1) is 0 Å². The molecule has 1 aromatic heterocycles. The molecule has 4 heteroatoms. The average Bonchev–Trinajstić information content (AvgIpc) is 2.70. The first kappa shape index (κ1) is 14.7. The van der Waals surface area contributed by atoms with Crippen molar-refractivity contribution < 1.29 is 4.79 Å². The standard InChI is InChI=1S/C14H25N3O/c1-6-11-9-12(7-2)17(16-11)10-13(18)15-14(4,5)8-3/h9H,6-8,10H2,1-5H3,(H,15,18). The molecule has 1 heterocycles. The van der Waals surface area contributed by atoms with Crippen molar-refractivity contribution in [2.24, 2.45) is 0 Å². The van der Waals surface area contributed by atoms with Crippen LogP contribution in [0.4, 0.5) is 0 Å². The fourth-order valence-corrected chi connectivity index (χ4v) is 1.75. The number of nitrogens with zero attached hydrogens (tertiary/aromatic N) is 2. The van der Waals surface area contributed by atoms with Gasteiger partial charge >= 0.3 is 0 Å². The first-order valence-corrected chi connectivity index (χ1v) is 6.78. The van der Waals surface area contributed by atoms with E-state index in [0.29, 0.717) is 6.54 Å². The zero-order valence-corrected chi connectivity index (χ0v) is 12.2.